The first-order chi connectivity index (χ1) is 8.74. The van der Waals surface area contributed by atoms with Crippen molar-refractivity contribution in [3.63, 3.8) is 0 Å². The highest BCUT2D eigenvalue weighted by atomic mass is 16.3. The van der Waals surface area contributed by atoms with E-state index < -0.39 is 0 Å². The van der Waals surface area contributed by atoms with Gasteiger partial charge < -0.3 is 15.0 Å². The Hall–Kier alpha value is -1.52. The standard InChI is InChI=1S/C14H19N3O/c1-16-9-11(10-17-6-4-15-5-7-17)13-3-2-12(18)8-14(13)16/h2-3,8-9,15,18H,4-7,10H2,1H3. The van der Waals surface area contributed by atoms with E-state index in [-0.39, 0.29) is 0 Å². The Morgan fingerprint density at radius 2 is 2.06 bits per heavy atom. The molecule has 1 fully saturated rings. The van der Waals surface area contributed by atoms with E-state index in [1.807, 2.05) is 19.2 Å². The van der Waals surface area contributed by atoms with Crippen LogP contribution in [0.1, 0.15) is 5.56 Å². The summed E-state index contributed by atoms with van der Waals surface area (Å²) in [5.74, 6) is 0.331. The third-order valence-corrected chi connectivity index (χ3v) is 3.66. The topological polar surface area (TPSA) is 40.4 Å². The molecule has 96 valence electrons. The monoisotopic (exact) mass is 245 g/mol. The van der Waals surface area contributed by atoms with Crippen molar-refractivity contribution in [3.8, 4) is 5.75 Å². The van der Waals surface area contributed by atoms with Crippen LogP contribution in [0, 0.1) is 0 Å². The number of nitrogens with one attached hydrogen (secondary N) is 1. The second-order valence-electron chi connectivity index (χ2n) is 4.99. The maximum absolute atomic E-state index is 9.55. The first-order valence-corrected chi connectivity index (χ1v) is 6.44. The lowest BCUT2D eigenvalue weighted by Gasteiger charge is -2.26. The van der Waals surface area contributed by atoms with Crippen molar-refractivity contribution in [2.45, 2.75) is 6.54 Å². The van der Waals surface area contributed by atoms with Gasteiger partial charge in [-0.2, -0.15) is 0 Å². The Bertz CT molecular complexity index is 555. The minimum absolute atomic E-state index is 0.331. The van der Waals surface area contributed by atoms with E-state index in [1.165, 1.54) is 10.9 Å². The number of aromatic hydroxyl groups is 1. The van der Waals surface area contributed by atoms with Gasteiger partial charge in [-0.15, -0.1) is 0 Å². The van der Waals surface area contributed by atoms with Gasteiger partial charge in [0.2, 0.25) is 0 Å². The van der Waals surface area contributed by atoms with Gasteiger partial charge in [0.25, 0.3) is 0 Å². The lowest BCUT2D eigenvalue weighted by molar-refractivity contribution is 0.234. The number of piperazine rings is 1. The van der Waals surface area contributed by atoms with Crippen LogP contribution in [0.4, 0.5) is 0 Å². The van der Waals surface area contributed by atoms with Crippen molar-refractivity contribution < 1.29 is 5.11 Å². The Balaban J connectivity index is 1.91. The van der Waals surface area contributed by atoms with Crippen molar-refractivity contribution in [3.05, 3.63) is 30.0 Å². The fourth-order valence-corrected chi connectivity index (χ4v) is 2.69. The number of phenols is 1. The van der Waals surface area contributed by atoms with Crippen LogP contribution in [-0.2, 0) is 13.6 Å². The van der Waals surface area contributed by atoms with Gasteiger partial charge in [-0.05, 0) is 17.7 Å². The molecule has 1 aliphatic rings. The number of rotatable bonds is 2. The van der Waals surface area contributed by atoms with Gasteiger partial charge in [0.05, 0.1) is 5.52 Å². The lowest BCUT2D eigenvalue weighted by atomic mass is 10.1. The quantitative estimate of drug-likeness (QED) is 0.837. The van der Waals surface area contributed by atoms with E-state index in [2.05, 4.69) is 21.0 Å². The summed E-state index contributed by atoms with van der Waals surface area (Å²) < 4.78 is 2.09. The van der Waals surface area contributed by atoms with Crippen LogP contribution in [0.2, 0.25) is 0 Å². The summed E-state index contributed by atoms with van der Waals surface area (Å²) in [6.07, 6.45) is 2.17. The molecule has 4 heteroatoms. The van der Waals surface area contributed by atoms with Crippen LogP contribution in [0.25, 0.3) is 10.9 Å². The van der Waals surface area contributed by atoms with Crippen LogP contribution in [0.15, 0.2) is 24.4 Å². The number of benzene rings is 1. The van der Waals surface area contributed by atoms with Crippen molar-refractivity contribution in [1.29, 1.82) is 0 Å². The average molecular weight is 245 g/mol. The van der Waals surface area contributed by atoms with Gasteiger partial charge in [-0.3, -0.25) is 4.90 Å². The summed E-state index contributed by atoms with van der Waals surface area (Å²) in [6.45, 7) is 5.35. The molecule has 2 heterocycles. The average Bonchev–Trinajstić information content (AvgIpc) is 2.67. The van der Waals surface area contributed by atoms with Crippen LogP contribution < -0.4 is 5.32 Å². The molecule has 0 bridgehead atoms. The molecule has 3 rings (SSSR count). The van der Waals surface area contributed by atoms with Crippen LogP contribution >= 0.6 is 0 Å². The molecule has 0 unspecified atom stereocenters. The highest BCUT2D eigenvalue weighted by Crippen LogP contribution is 2.25. The minimum Gasteiger partial charge on any atom is -0.508 e. The first-order valence-electron chi connectivity index (χ1n) is 6.44. The number of aromatic nitrogens is 1. The number of phenolic OH excluding ortho intramolecular Hbond substituents is 1. The summed E-state index contributed by atoms with van der Waals surface area (Å²) in [7, 11) is 2.03. The fraction of sp³-hybridized carbons (Fsp3) is 0.429. The highest BCUT2D eigenvalue weighted by Gasteiger charge is 2.13. The van der Waals surface area contributed by atoms with Crippen molar-refractivity contribution in [2.75, 3.05) is 26.2 Å². The zero-order chi connectivity index (χ0) is 12.5. The predicted octanol–water partition coefficient (Wildman–Crippen LogP) is 1.29. The van der Waals surface area contributed by atoms with E-state index in [0.717, 1.165) is 38.2 Å². The fourth-order valence-electron chi connectivity index (χ4n) is 2.69. The number of aryl methyl sites for hydroxylation is 1. The van der Waals surface area contributed by atoms with Gasteiger partial charge in [0, 0.05) is 57.4 Å². The minimum atomic E-state index is 0.331. The molecule has 2 N–H and O–H groups in total. The Morgan fingerprint density at radius 1 is 1.28 bits per heavy atom. The third kappa shape index (κ3) is 2.09. The normalized spacial score (nSPS) is 17.4. The van der Waals surface area contributed by atoms with E-state index in [0.29, 0.717) is 5.75 Å². The molecule has 0 amide bonds. The first kappa shape index (κ1) is 11.6. The largest absolute Gasteiger partial charge is 0.508 e. The second kappa shape index (κ2) is 4.63. The molecule has 1 saturated heterocycles. The molecule has 0 aliphatic carbocycles. The zero-order valence-corrected chi connectivity index (χ0v) is 10.7. The van der Waals surface area contributed by atoms with Crippen molar-refractivity contribution >= 4 is 10.9 Å². The number of hydrogen-bond donors (Lipinski definition) is 2. The molecular weight excluding hydrogens is 226 g/mol. The van der Waals surface area contributed by atoms with Crippen molar-refractivity contribution in [2.24, 2.45) is 7.05 Å². The molecular formula is C14H19N3O. The smallest absolute Gasteiger partial charge is 0.117 e. The SMILES string of the molecule is Cn1cc(CN2CCNCC2)c2ccc(O)cc21. The van der Waals surface area contributed by atoms with Crippen LogP contribution in [0.3, 0.4) is 0 Å². The maximum atomic E-state index is 9.55. The van der Waals surface area contributed by atoms with Crippen LogP contribution in [0.5, 0.6) is 5.75 Å². The molecule has 0 spiro atoms. The summed E-state index contributed by atoms with van der Waals surface area (Å²) >= 11 is 0. The molecule has 18 heavy (non-hydrogen) atoms. The molecule has 0 atom stereocenters. The Labute approximate surface area is 107 Å². The molecule has 1 aliphatic heterocycles. The van der Waals surface area contributed by atoms with Gasteiger partial charge in [0.15, 0.2) is 0 Å². The van der Waals surface area contributed by atoms with E-state index in [4.69, 9.17) is 0 Å². The maximum Gasteiger partial charge on any atom is 0.117 e. The van der Waals surface area contributed by atoms with E-state index >= 15 is 0 Å². The summed E-state index contributed by atoms with van der Waals surface area (Å²) in [5.41, 5.74) is 2.44. The zero-order valence-electron chi connectivity index (χ0n) is 10.7. The molecule has 1 aromatic heterocycles. The number of nitrogens with zero attached hydrogens (tertiary/aromatic N) is 2. The van der Waals surface area contributed by atoms with E-state index in [9.17, 15) is 5.11 Å². The molecule has 0 saturated carbocycles. The van der Waals surface area contributed by atoms with E-state index in [1.54, 1.807) is 6.07 Å². The Morgan fingerprint density at radius 3 is 2.83 bits per heavy atom. The van der Waals surface area contributed by atoms with Gasteiger partial charge in [-0.25, -0.2) is 0 Å². The molecule has 1 aromatic carbocycles. The second-order valence-corrected chi connectivity index (χ2v) is 4.99. The Kier molecular flexibility index (Phi) is 2.97. The third-order valence-electron chi connectivity index (χ3n) is 3.66. The summed E-state index contributed by atoms with van der Waals surface area (Å²) in [5, 5.41) is 14.2. The van der Waals surface area contributed by atoms with Crippen LogP contribution in [-0.4, -0.2) is 40.8 Å². The van der Waals surface area contributed by atoms with Crippen molar-refractivity contribution in [1.82, 2.24) is 14.8 Å². The number of fused-ring (bicyclic) bond motifs is 1. The molecule has 4 nitrogen and oxygen atoms in total. The van der Waals surface area contributed by atoms with Gasteiger partial charge >= 0.3 is 0 Å². The van der Waals surface area contributed by atoms with Gasteiger partial charge in [0.1, 0.15) is 5.75 Å². The highest BCUT2D eigenvalue weighted by molar-refractivity contribution is 5.85. The lowest BCUT2D eigenvalue weighted by Crippen LogP contribution is -2.42. The number of hydrogen-bond acceptors (Lipinski definition) is 3. The summed E-state index contributed by atoms with van der Waals surface area (Å²) in [4.78, 5) is 2.47. The molecule has 2 aromatic rings. The predicted molar refractivity (Wildman–Crippen MR) is 72.7 cm³/mol. The summed E-state index contributed by atoms with van der Waals surface area (Å²) in [6, 6.07) is 5.61. The molecule has 0 radical (unpaired) electrons. The van der Waals surface area contributed by atoms with Gasteiger partial charge in [-0.1, -0.05) is 0 Å².